The van der Waals surface area contributed by atoms with Gasteiger partial charge in [0.05, 0.1) is 16.7 Å². The highest BCUT2D eigenvalue weighted by molar-refractivity contribution is 6.11. The monoisotopic (exact) mass is 856 g/mol. The summed E-state index contributed by atoms with van der Waals surface area (Å²) in [6, 6.07) is 6.25. The number of ether oxygens (including phenoxy) is 1. The van der Waals surface area contributed by atoms with Crippen molar-refractivity contribution in [3.05, 3.63) is 106 Å². The normalized spacial score (nSPS) is 12.8. The third-order valence-electron chi connectivity index (χ3n) is 8.52. The molecule has 0 saturated carbocycles. The fraction of sp³-hybridized carbons (Fsp3) is 0.222. The second-order valence-corrected chi connectivity index (χ2v) is 12.4. The Hall–Kier alpha value is -6.36. The summed E-state index contributed by atoms with van der Waals surface area (Å²) >= 11 is 0. The number of anilines is 2. The molecule has 59 heavy (non-hydrogen) atoms. The Balaban J connectivity index is 1.96. The van der Waals surface area contributed by atoms with Crippen LogP contribution in [-0.2, 0) is 11.2 Å². The zero-order valence-electron chi connectivity index (χ0n) is 29.3. The van der Waals surface area contributed by atoms with E-state index in [2.05, 4.69) is 5.32 Å². The molecule has 4 aromatic carbocycles. The maximum absolute atomic E-state index is 14.1. The van der Waals surface area contributed by atoms with E-state index in [0.717, 1.165) is 44.3 Å². The molecule has 1 amide bonds. The highest BCUT2D eigenvalue weighted by Gasteiger charge is 2.72. The van der Waals surface area contributed by atoms with Crippen molar-refractivity contribution >= 4 is 35.0 Å². The fourth-order valence-electron chi connectivity index (χ4n) is 5.56. The number of carboxylic acids is 2. The van der Waals surface area contributed by atoms with Crippen molar-refractivity contribution in [2.45, 2.75) is 42.8 Å². The van der Waals surface area contributed by atoms with Crippen molar-refractivity contribution in [3.8, 4) is 22.6 Å². The predicted molar refractivity (Wildman–Crippen MR) is 178 cm³/mol. The molecule has 0 aliphatic rings. The minimum Gasteiger partial charge on any atom is -0.478 e. The zero-order valence-corrected chi connectivity index (χ0v) is 29.3. The van der Waals surface area contributed by atoms with Crippen LogP contribution >= 0.6 is 0 Å². The first kappa shape index (κ1) is 45.3. The Morgan fingerprint density at radius 2 is 0.898 bits per heavy atom. The van der Waals surface area contributed by atoms with Crippen molar-refractivity contribution in [1.29, 1.82) is 0 Å². The maximum atomic E-state index is 14.1. The largest absolute Gasteiger partial charge is 0.478 e. The number of nitrogens with one attached hydrogen (secondary N) is 2. The van der Waals surface area contributed by atoms with Crippen molar-refractivity contribution in [2.75, 3.05) is 17.7 Å². The molecular weight excluding hydrogens is 832 g/mol. The molecule has 0 heterocycles. The Bertz CT molecular complexity index is 2310. The molecule has 6 N–H and O–H groups in total. The van der Waals surface area contributed by atoms with E-state index < -0.39 is 116 Å². The van der Waals surface area contributed by atoms with Gasteiger partial charge < -0.3 is 35.8 Å². The zero-order chi connectivity index (χ0) is 44.8. The molecule has 0 aliphatic heterocycles. The summed E-state index contributed by atoms with van der Waals surface area (Å²) in [4.78, 5) is 49.1. The molecule has 0 aliphatic carbocycles. The van der Waals surface area contributed by atoms with Gasteiger partial charge in [-0.3, -0.25) is 9.59 Å². The highest BCUT2D eigenvalue weighted by Crippen LogP contribution is 2.53. The smallest absolute Gasteiger partial charge is 0.430 e. The predicted octanol–water partition coefficient (Wildman–Crippen LogP) is 8.66. The van der Waals surface area contributed by atoms with Crippen LogP contribution in [0.5, 0.6) is 11.5 Å². The van der Waals surface area contributed by atoms with Crippen LogP contribution in [0, 0.1) is 0 Å². The number of alkyl halides is 12. The van der Waals surface area contributed by atoms with Gasteiger partial charge in [-0.2, -0.15) is 52.7 Å². The maximum Gasteiger partial charge on any atom is 0.430 e. The van der Waals surface area contributed by atoms with E-state index >= 15 is 0 Å². The van der Waals surface area contributed by atoms with Gasteiger partial charge in [-0.15, -0.1) is 0 Å². The van der Waals surface area contributed by atoms with E-state index in [1.54, 1.807) is 5.32 Å². The third kappa shape index (κ3) is 8.60. The van der Waals surface area contributed by atoms with Crippen LogP contribution in [0.1, 0.15) is 59.5 Å². The van der Waals surface area contributed by atoms with Crippen molar-refractivity contribution < 1.29 is 97.0 Å². The number of benzene rings is 4. The van der Waals surface area contributed by atoms with Gasteiger partial charge in [-0.25, -0.2) is 9.59 Å². The number of hydrogen-bond donors (Lipinski definition) is 6. The number of carboxylic acid groups (broad SMARTS) is 2. The molecule has 0 bridgehead atoms. The molecule has 316 valence electrons. The van der Waals surface area contributed by atoms with E-state index in [0.29, 0.717) is 18.2 Å². The van der Waals surface area contributed by atoms with Crippen molar-refractivity contribution in [3.63, 3.8) is 0 Å². The number of aromatic carboxylic acids is 2. The van der Waals surface area contributed by atoms with Crippen LogP contribution in [0.25, 0.3) is 11.1 Å². The quantitative estimate of drug-likeness (QED) is 0.0631. The van der Waals surface area contributed by atoms with Crippen LogP contribution in [0.2, 0.25) is 0 Å². The van der Waals surface area contributed by atoms with Gasteiger partial charge in [0.15, 0.2) is 5.78 Å². The topological polar surface area (TPSA) is 182 Å². The van der Waals surface area contributed by atoms with E-state index in [1.807, 2.05) is 0 Å². The van der Waals surface area contributed by atoms with Crippen LogP contribution in [0.4, 0.5) is 64.1 Å². The number of aliphatic hydroxyl groups is 2. The lowest BCUT2D eigenvalue weighted by Gasteiger charge is -2.34. The number of Topliss-reactive ketones (excluding diaryl/α,β-unsaturated/α-hetero) is 1. The van der Waals surface area contributed by atoms with E-state index in [4.69, 9.17) is 4.74 Å². The van der Waals surface area contributed by atoms with Crippen LogP contribution in [0.15, 0.2) is 72.8 Å². The molecule has 0 radical (unpaired) electrons. The molecule has 0 saturated heterocycles. The molecule has 0 spiro atoms. The molecule has 0 fully saturated rings. The number of amides is 1. The summed E-state index contributed by atoms with van der Waals surface area (Å²) in [6.07, 6.45) is -26.3. The van der Waals surface area contributed by atoms with E-state index in [-0.39, 0.29) is 35.6 Å². The van der Waals surface area contributed by atoms with Gasteiger partial charge in [-0.05, 0) is 90.8 Å². The molecule has 0 atom stereocenters. The lowest BCUT2D eigenvalue weighted by molar-refractivity contribution is -0.376. The number of hydrogen-bond acceptors (Lipinski definition) is 8. The molecule has 23 heteroatoms. The van der Waals surface area contributed by atoms with Crippen molar-refractivity contribution in [2.24, 2.45) is 0 Å². The molecule has 11 nitrogen and oxygen atoms in total. The van der Waals surface area contributed by atoms with E-state index in [1.165, 1.54) is 0 Å². The summed E-state index contributed by atoms with van der Waals surface area (Å²) in [5, 5.41) is 43.3. The van der Waals surface area contributed by atoms with Gasteiger partial charge >= 0.3 is 36.6 Å². The minimum atomic E-state index is -6.64. The number of ketones is 1. The number of carbonyl (C=O) groups is 4. The summed E-state index contributed by atoms with van der Waals surface area (Å²) in [5.74, 6) is -6.39. The Labute approximate surface area is 321 Å². The summed E-state index contributed by atoms with van der Waals surface area (Å²) < 4.78 is 173. The lowest BCUT2D eigenvalue weighted by Crippen LogP contribution is -2.54. The van der Waals surface area contributed by atoms with Gasteiger partial charge in [0, 0.05) is 35.1 Å². The average Bonchev–Trinajstić information content (AvgIpc) is 3.11. The minimum absolute atomic E-state index is 0.0728. The van der Waals surface area contributed by atoms with Crippen molar-refractivity contribution in [1.82, 2.24) is 0 Å². The molecule has 0 aromatic heterocycles. The molecular formula is C36H24F12N2O9. The molecule has 4 aromatic rings. The van der Waals surface area contributed by atoms with Crippen LogP contribution in [-0.4, -0.2) is 75.8 Å². The fourth-order valence-corrected chi connectivity index (χ4v) is 5.56. The summed E-state index contributed by atoms with van der Waals surface area (Å²) in [7, 11) is 0.933. The van der Waals surface area contributed by atoms with E-state index in [9.17, 15) is 92.3 Å². The van der Waals surface area contributed by atoms with Gasteiger partial charge in [0.2, 0.25) is 0 Å². The number of carbonyl (C=O) groups excluding carboxylic acids is 2. The van der Waals surface area contributed by atoms with Gasteiger partial charge in [-0.1, -0.05) is 0 Å². The number of rotatable bonds is 11. The van der Waals surface area contributed by atoms with Crippen LogP contribution < -0.4 is 15.4 Å². The lowest BCUT2D eigenvalue weighted by atomic mass is 9.86. The average molecular weight is 857 g/mol. The van der Waals surface area contributed by atoms with Gasteiger partial charge in [0.1, 0.15) is 11.5 Å². The first-order chi connectivity index (χ1) is 26.9. The second kappa shape index (κ2) is 15.4. The Morgan fingerprint density at radius 1 is 0.525 bits per heavy atom. The van der Waals surface area contributed by atoms with Gasteiger partial charge in [0.25, 0.3) is 17.1 Å². The summed E-state index contributed by atoms with van der Waals surface area (Å²) in [5.41, 5.74) is -22.4. The Morgan fingerprint density at radius 3 is 1.27 bits per heavy atom. The SMILES string of the molecule is CNc1cc(-c2cc(NC(=O)c3cc(Oc4ccc(C(=O)O)c(C(C)=O)c4)ccc3C(=O)O)cc(C(O)(C(F)(F)F)C(F)(F)F)c2)cc(C(O)(C(F)(F)F)C(F)(F)F)c1. The van der Waals surface area contributed by atoms with Crippen LogP contribution in [0.3, 0.4) is 0 Å². The second-order valence-electron chi connectivity index (χ2n) is 12.4. The molecule has 0 unspecified atom stereocenters. The summed E-state index contributed by atoms with van der Waals surface area (Å²) in [6.45, 7) is 1.02. The first-order valence-corrected chi connectivity index (χ1v) is 15.8. The molecule has 4 rings (SSSR count). The Kier molecular flexibility index (Phi) is 11.9. The number of halogens is 12. The third-order valence-corrected chi connectivity index (χ3v) is 8.52. The first-order valence-electron chi connectivity index (χ1n) is 15.8. The standard InChI is InChI=1S/C36H24F12N2O9/c1-15(51)26-13-22(3-5-24(26)29(53)54)59-23-4-6-25(30(55)56)27(14-23)28(52)50-21-10-17(8-19(12-21)32(58,35(43,44)45)36(46,47)48)16-7-18(11-20(9-16)49-2)31(57,33(37,38)39)34(40,41)42/h3-14,49,57-58H,1-2H3,(H,50,52)(H,53,54)(H,55,56). The highest BCUT2D eigenvalue weighted by atomic mass is 19.4.